The lowest BCUT2D eigenvalue weighted by Gasteiger charge is -2.08. The van der Waals surface area contributed by atoms with E-state index in [1.54, 1.807) is 0 Å². The molecule has 0 bridgehead atoms. The van der Waals surface area contributed by atoms with Crippen molar-refractivity contribution in [2.24, 2.45) is 0 Å². The smallest absolute Gasteiger partial charge is 0.254 e. The lowest BCUT2D eigenvalue weighted by Crippen LogP contribution is -3.00. The summed E-state index contributed by atoms with van der Waals surface area (Å²) < 4.78 is 4.56. The first-order valence-electron chi connectivity index (χ1n) is 9.13. The molecular formula is C24H25ClN2. The monoisotopic (exact) mass is 376 g/mol. The molecule has 0 amide bonds. The Labute approximate surface area is 167 Å². The number of fused-ring (bicyclic) bond motifs is 1. The number of aromatic nitrogens is 2. The molecular weight excluding hydrogens is 352 g/mol. The summed E-state index contributed by atoms with van der Waals surface area (Å²) in [4.78, 5) is 0. The number of nitrogens with zero attached hydrogens (tertiary/aromatic N) is 2. The predicted octanol–water partition coefficient (Wildman–Crippen LogP) is 2.43. The van der Waals surface area contributed by atoms with Crippen molar-refractivity contribution in [3.63, 3.8) is 0 Å². The number of halogens is 1. The normalized spacial score (nSPS) is 10.9. The highest BCUT2D eigenvalue weighted by Crippen LogP contribution is 2.28. The number of aryl methyl sites for hydroxylation is 5. The van der Waals surface area contributed by atoms with Gasteiger partial charge in [0.1, 0.15) is 17.6 Å². The molecule has 0 aliphatic carbocycles. The van der Waals surface area contributed by atoms with Gasteiger partial charge in [-0.3, -0.25) is 0 Å². The van der Waals surface area contributed by atoms with Crippen molar-refractivity contribution in [1.82, 2.24) is 4.40 Å². The Balaban J connectivity index is 0.00000210. The van der Waals surface area contributed by atoms with Gasteiger partial charge in [0.15, 0.2) is 5.52 Å². The van der Waals surface area contributed by atoms with Gasteiger partial charge in [0.2, 0.25) is 0 Å². The average Bonchev–Trinajstić information content (AvgIpc) is 2.98. The zero-order chi connectivity index (χ0) is 18.4. The van der Waals surface area contributed by atoms with Crippen molar-refractivity contribution in [3.05, 3.63) is 88.9 Å². The molecule has 2 nitrogen and oxygen atoms in total. The van der Waals surface area contributed by atoms with Gasteiger partial charge in [-0.05, 0) is 69.0 Å². The SMILES string of the molecule is Cc1cc(C)c(-[n+]2cc3cccc(-c4c(C)cccc4C)n3c2)c(C)c1.[Cl-]. The van der Waals surface area contributed by atoms with E-state index in [1.165, 1.54) is 50.3 Å². The molecule has 0 radical (unpaired) electrons. The van der Waals surface area contributed by atoms with Crippen molar-refractivity contribution in [1.29, 1.82) is 0 Å². The van der Waals surface area contributed by atoms with E-state index in [-0.39, 0.29) is 12.4 Å². The van der Waals surface area contributed by atoms with Gasteiger partial charge in [-0.25, -0.2) is 4.57 Å². The number of pyridine rings is 1. The van der Waals surface area contributed by atoms with E-state index in [4.69, 9.17) is 0 Å². The molecule has 0 aliphatic heterocycles. The minimum absolute atomic E-state index is 0. The number of hydrogen-bond acceptors (Lipinski definition) is 0. The minimum Gasteiger partial charge on any atom is -1.00 e. The first-order valence-corrected chi connectivity index (χ1v) is 9.13. The van der Waals surface area contributed by atoms with Crippen molar-refractivity contribution in [2.45, 2.75) is 34.6 Å². The van der Waals surface area contributed by atoms with E-state index in [9.17, 15) is 0 Å². The standard InChI is InChI=1S/C24H25N2.ClH/c1-16-12-19(4)24(20(5)13-16)25-14-21-10-7-11-22(26(21)15-25)23-17(2)8-6-9-18(23)3;/h6-15H,1-5H3;1H/q+1;/p-1. The maximum atomic E-state index is 2.30. The van der Waals surface area contributed by atoms with Gasteiger partial charge in [0.25, 0.3) is 6.33 Å². The second-order valence-corrected chi connectivity index (χ2v) is 7.37. The maximum absolute atomic E-state index is 2.30. The number of rotatable bonds is 2. The molecule has 0 unspecified atom stereocenters. The van der Waals surface area contributed by atoms with E-state index < -0.39 is 0 Å². The first-order chi connectivity index (χ1) is 12.5. The van der Waals surface area contributed by atoms with E-state index in [0.717, 1.165) is 0 Å². The van der Waals surface area contributed by atoms with Crippen LogP contribution in [0.2, 0.25) is 0 Å². The molecule has 2 heterocycles. The zero-order valence-corrected chi connectivity index (χ0v) is 17.3. The third-order valence-corrected chi connectivity index (χ3v) is 5.20. The Kier molecular flexibility index (Phi) is 5.12. The zero-order valence-electron chi connectivity index (χ0n) is 16.5. The molecule has 4 aromatic rings. The lowest BCUT2D eigenvalue weighted by atomic mass is 9.99. The van der Waals surface area contributed by atoms with Crippen LogP contribution in [-0.2, 0) is 0 Å². The summed E-state index contributed by atoms with van der Waals surface area (Å²) >= 11 is 0. The van der Waals surface area contributed by atoms with Crippen molar-refractivity contribution >= 4 is 5.52 Å². The molecule has 0 saturated heterocycles. The van der Waals surface area contributed by atoms with Gasteiger partial charge < -0.3 is 12.4 Å². The van der Waals surface area contributed by atoms with Crippen LogP contribution in [0.15, 0.2) is 61.1 Å². The molecule has 0 saturated carbocycles. The summed E-state index contributed by atoms with van der Waals surface area (Å²) in [7, 11) is 0. The number of imidazole rings is 1. The fourth-order valence-electron chi connectivity index (χ4n) is 4.20. The third kappa shape index (κ3) is 3.26. The molecule has 27 heavy (non-hydrogen) atoms. The molecule has 0 aliphatic rings. The lowest BCUT2D eigenvalue weighted by molar-refractivity contribution is -0.594. The van der Waals surface area contributed by atoms with Crippen LogP contribution in [0.1, 0.15) is 27.8 Å². The highest BCUT2D eigenvalue weighted by atomic mass is 35.5. The molecule has 2 aromatic heterocycles. The molecule has 0 atom stereocenters. The van der Waals surface area contributed by atoms with Crippen LogP contribution in [0.5, 0.6) is 0 Å². The first kappa shape index (κ1) is 19.2. The predicted molar refractivity (Wildman–Crippen MR) is 108 cm³/mol. The third-order valence-electron chi connectivity index (χ3n) is 5.20. The summed E-state index contributed by atoms with van der Waals surface area (Å²) in [5, 5.41) is 0. The Morgan fingerprint density at radius 3 is 1.96 bits per heavy atom. The van der Waals surface area contributed by atoms with Crippen molar-refractivity contribution in [3.8, 4) is 16.9 Å². The quantitative estimate of drug-likeness (QED) is 0.475. The Morgan fingerprint density at radius 2 is 1.33 bits per heavy atom. The summed E-state index contributed by atoms with van der Waals surface area (Å²) in [5.74, 6) is 0. The maximum Gasteiger partial charge on any atom is 0.254 e. The summed E-state index contributed by atoms with van der Waals surface area (Å²) in [6.45, 7) is 10.9. The van der Waals surface area contributed by atoms with Crippen LogP contribution in [0.4, 0.5) is 0 Å². The second kappa shape index (κ2) is 7.21. The fourth-order valence-corrected chi connectivity index (χ4v) is 4.20. The molecule has 2 aromatic carbocycles. The fraction of sp³-hybridized carbons (Fsp3) is 0.208. The Bertz CT molecular complexity index is 1100. The van der Waals surface area contributed by atoms with Crippen LogP contribution in [0, 0.1) is 34.6 Å². The van der Waals surface area contributed by atoms with Gasteiger partial charge in [0.05, 0.1) is 0 Å². The summed E-state index contributed by atoms with van der Waals surface area (Å²) in [5.41, 5.74) is 11.5. The van der Waals surface area contributed by atoms with Crippen LogP contribution < -0.4 is 17.0 Å². The van der Waals surface area contributed by atoms with Gasteiger partial charge in [-0.15, -0.1) is 0 Å². The summed E-state index contributed by atoms with van der Waals surface area (Å²) in [6, 6.07) is 17.5. The number of benzene rings is 2. The van der Waals surface area contributed by atoms with Crippen molar-refractivity contribution < 1.29 is 17.0 Å². The van der Waals surface area contributed by atoms with E-state index in [0.29, 0.717) is 0 Å². The van der Waals surface area contributed by atoms with Gasteiger partial charge in [-0.1, -0.05) is 42.0 Å². The highest BCUT2D eigenvalue weighted by Gasteiger charge is 2.18. The van der Waals surface area contributed by atoms with Gasteiger partial charge in [0, 0.05) is 5.56 Å². The second-order valence-electron chi connectivity index (χ2n) is 7.37. The Hall–Kier alpha value is -2.58. The van der Waals surface area contributed by atoms with E-state index in [1.807, 2.05) is 0 Å². The largest absolute Gasteiger partial charge is 1.00 e. The summed E-state index contributed by atoms with van der Waals surface area (Å²) in [6.07, 6.45) is 4.43. The topological polar surface area (TPSA) is 8.29 Å². The van der Waals surface area contributed by atoms with Crippen LogP contribution in [-0.4, -0.2) is 4.40 Å². The number of hydrogen-bond donors (Lipinski definition) is 0. The van der Waals surface area contributed by atoms with Gasteiger partial charge >= 0.3 is 0 Å². The molecule has 4 rings (SSSR count). The molecule has 0 spiro atoms. The van der Waals surface area contributed by atoms with Crippen molar-refractivity contribution in [2.75, 3.05) is 0 Å². The Morgan fingerprint density at radius 1 is 0.741 bits per heavy atom. The van der Waals surface area contributed by atoms with E-state index >= 15 is 0 Å². The molecule has 3 heteroatoms. The molecule has 0 N–H and O–H groups in total. The average molecular weight is 377 g/mol. The molecule has 0 fully saturated rings. The van der Waals surface area contributed by atoms with Crippen LogP contribution >= 0.6 is 0 Å². The molecule has 138 valence electrons. The minimum atomic E-state index is 0. The highest BCUT2D eigenvalue weighted by molar-refractivity contribution is 5.70. The van der Waals surface area contributed by atoms with Crippen LogP contribution in [0.25, 0.3) is 22.5 Å². The van der Waals surface area contributed by atoms with Crippen LogP contribution in [0.3, 0.4) is 0 Å². The van der Waals surface area contributed by atoms with Gasteiger partial charge in [-0.2, -0.15) is 4.40 Å². The van der Waals surface area contributed by atoms with E-state index in [2.05, 4.69) is 105 Å².